The highest BCUT2D eigenvalue weighted by atomic mass is 35.5. The third kappa shape index (κ3) is 2.14. The van der Waals surface area contributed by atoms with Crippen LogP contribution in [0.5, 0.6) is 11.6 Å². The molecule has 7 heteroatoms. The Hall–Kier alpha value is -2.08. The van der Waals surface area contributed by atoms with Crippen molar-refractivity contribution in [1.29, 1.82) is 0 Å². The first kappa shape index (κ1) is 12.4. The summed E-state index contributed by atoms with van der Waals surface area (Å²) in [6.45, 7) is 0. The minimum atomic E-state index is -0.475. The van der Waals surface area contributed by atoms with Gasteiger partial charge in [0.25, 0.3) is 5.56 Å². The lowest BCUT2D eigenvalue weighted by atomic mass is 10.4. The molecule has 0 saturated carbocycles. The van der Waals surface area contributed by atoms with Crippen LogP contribution in [0, 0.1) is 0 Å². The van der Waals surface area contributed by atoms with Crippen molar-refractivity contribution in [2.24, 2.45) is 14.1 Å². The van der Waals surface area contributed by atoms with Crippen molar-refractivity contribution in [3.8, 4) is 11.6 Å². The Bertz CT molecular complexity index is 705. The molecule has 18 heavy (non-hydrogen) atoms. The zero-order valence-corrected chi connectivity index (χ0v) is 10.5. The van der Waals surface area contributed by atoms with Gasteiger partial charge in [0.2, 0.25) is 5.88 Å². The zero-order chi connectivity index (χ0) is 13.3. The van der Waals surface area contributed by atoms with Gasteiger partial charge in [-0.05, 0) is 12.1 Å². The van der Waals surface area contributed by atoms with E-state index in [0.717, 1.165) is 4.57 Å². The Kier molecular flexibility index (Phi) is 3.20. The van der Waals surface area contributed by atoms with Gasteiger partial charge >= 0.3 is 5.69 Å². The molecule has 2 rings (SSSR count). The maximum Gasteiger partial charge on any atom is 0.333 e. The fourth-order valence-electron chi connectivity index (χ4n) is 1.37. The minimum absolute atomic E-state index is 0.109. The number of hydrogen-bond acceptors (Lipinski definition) is 4. The van der Waals surface area contributed by atoms with Crippen LogP contribution in [-0.4, -0.2) is 14.1 Å². The maximum atomic E-state index is 11.7. The Labute approximate surface area is 107 Å². The standard InChI is InChI=1S/C11H10ClN3O3/c1-14-8(16)6-9(15(2)11(14)17)18-7-4-3-5-13-10(7)12/h3-6H,1-2H3. The van der Waals surface area contributed by atoms with Crippen molar-refractivity contribution in [2.75, 3.05) is 0 Å². The molecule has 0 aliphatic carbocycles. The number of rotatable bonds is 2. The molecule has 2 aromatic rings. The van der Waals surface area contributed by atoms with Crippen molar-refractivity contribution in [1.82, 2.24) is 14.1 Å². The number of nitrogens with zero attached hydrogens (tertiary/aromatic N) is 3. The van der Waals surface area contributed by atoms with Crippen molar-refractivity contribution in [2.45, 2.75) is 0 Å². The predicted octanol–water partition coefficient (Wildman–Crippen LogP) is 0.925. The Morgan fingerprint density at radius 1 is 1.28 bits per heavy atom. The Morgan fingerprint density at radius 2 is 2.00 bits per heavy atom. The molecule has 0 fully saturated rings. The van der Waals surface area contributed by atoms with Crippen LogP contribution in [0.25, 0.3) is 0 Å². The van der Waals surface area contributed by atoms with E-state index in [9.17, 15) is 9.59 Å². The highest BCUT2D eigenvalue weighted by Crippen LogP contribution is 2.25. The third-order valence-corrected chi connectivity index (χ3v) is 2.71. The average Bonchev–Trinajstić information content (AvgIpc) is 2.36. The normalized spacial score (nSPS) is 10.4. The number of aromatic nitrogens is 3. The Morgan fingerprint density at radius 3 is 2.67 bits per heavy atom. The fraction of sp³-hybridized carbons (Fsp3) is 0.182. The predicted molar refractivity (Wildman–Crippen MR) is 66.2 cm³/mol. The van der Waals surface area contributed by atoms with Crippen LogP contribution >= 0.6 is 11.6 Å². The van der Waals surface area contributed by atoms with Crippen LogP contribution in [0.1, 0.15) is 0 Å². The van der Waals surface area contributed by atoms with Crippen LogP contribution in [0.4, 0.5) is 0 Å². The van der Waals surface area contributed by atoms with Crippen molar-refractivity contribution >= 4 is 11.6 Å². The van der Waals surface area contributed by atoms with Crippen molar-refractivity contribution in [3.05, 3.63) is 50.4 Å². The van der Waals surface area contributed by atoms with Gasteiger partial charge in [-0.1, -0.05) is 11.6 Å². The second-order valence-electron chi connectivity index (χ2n) is 3.62. The summed E-state index contributed by atoms with van der Waals surface area (Å²) in [6.07, 6.45) is 1.51. The van der Waals surface area contributed by atoms with Crippen molar-refractivity contribution < 1.29 is 4.74 Å². The SMILES string of the molecule is Cn1c(Oc2cccnc2Cl)cc(=O)n(C)c1=O. The van der Waals surface area contributed by atoms with E-state index in [4.69, 9.17) is 16.3 Å². The molecule has 0 aliphatic rings. The summed E-state index contributed by atoms with van der Waals surface area (Å²) in [5, 5.41) is 0.158. The van der Waals surface area contributed by atoms with E-state index in [0.29, 0.717) is 0 Å². The van der Waals surface area contributed by atoms with Crippen LogP contribution in [-0.2, 0) is 14.1 Å². The smallest absolute Gasteiger partial charge is 0.333 e. The minimum Gasteiger partial charge on any atom is -0.437 e. The second-order valence-corrected chi connectivity index (χ2v) is 3.97. The molecule has 2 heterocycles. The van der Waals surface area contributed by atoms with Gasteiger partial charge in [-0.2, -0.15) is 0 Å². The van der Waals surface area contributed by atoms with Gasteiger partial charge in [0.05, 0.1) is 6.07 Å². The average molecular weight is 268 g/mol. The van der Waals surface area contributed by atoms with Crippen LogP contribution in [0.2, 0.25) is 5.15 Å². The van der Waals surface area contributed by atoms with E-state index in [-0.39, 0.29) is 16.8 Å². The van der Waals surface area contributed by atoms with Gasteiger partial charge in [0.1, 0.15) is 0 Å². The number of hydrogen-bond donors (Lipinski definition) is 0. The highest BCUT2D eigenvalue weighted by molar-refractivity contribution is 6.30. The molecule has 0 amide bonds. The molecule has 0 saturated heterocycles. The third-order valence-electron chi connectivity index (χ3n) is 2.42. The topological polar surface area (TPSA) is 66.1 Å². The van der Waals surface area contributed by atoms with Crippen LogP contribution < -0.4 is 16.0 Å². The molecule has 0 N–H and O–H groups in total. The summed E-state index contributed by atoms with van der Waals surface area (Å²) in [4.78, 5) is 27.0. The van der Waals surface area contributed by atoms with E-state index >= 15 is 0 Å². The van der Waals surface area contributed by atoms with E-state index in [2.05, 4.69) is 4.98 Å². The molecule has 0 atom stereocenters. The molecule has 6 nitrogen and oxygen atoms in total. The molecule has 0 aliphatic heterocycles. The van der Waals surface area contributed by atoms with Crippen LogP contribution in [0.15, 0.2) is 34.0 Å². The summed E-state index contributed by atoms with van der Waals surface area (Å²) in [5.41, 5.74) is -0.925. The molecule has 0 aromatic carbocycles. The molecular weight excluding hydrogens is 258 g/mol. The van der Waals surface area contributed by atoms with Gasteiger partial charge in [-0.25, -0.2) is 9.78 Å². The quantitative estimate of drug-likeness (QED) is 0.759. The summed E-state index contributed by atoms with van der Waals surface area (Å²) in [7, 11) is 2.90. The lowest BCUT2D eigenvalue weighted by molar-refractivity contribution is 0.422. The van der Waals surface area contributed by atoms with Gasteiger partial charge in [-0.15, -0.1) is 0 Å². The second kappa shape index (κ2) is 4.66. The first-order valence-electron chi connectivity index (χ1n) is 5.06. The number of pyridine rings is 1. The van der Waals surface area contributed by atoms with Gasteiger partial charge in [-0.3, -0.25) is 13.9 Å². The molecule has 0 radical (unpaired) electrons. The summed E-state index contributed by atoms with van der Waals surface area (Å²) in [6, 6.07) is 4.45. The van der Waals surface area contributed by atoms with Crippen LogP contribution in [0.3, 0.4) is 0 Å². The largest absolute Gasteiger partial charge is 0.437 e. The monoisotopic (exact) mass is 267 g/mol. The molecule has 2 aromatic heterocycles. The lowest BCUT2D eigenvalue weighted by Crippen LogP contribution is -2.36. The number of ether oxygens (including phenoxy) is 1. The van der Waals surface area contributed by atoms with Gasteiger partial charge < -0.3 is 4.74 Å². The summed E-state index contributed by atoms with van der Waals surface area (Å²) in [5.74, 6) is 0.389. The van der Waals surface area contributed by atoms with Gasteiger partial charge in [0.15, 0.2) is 10.9 Å². The zero-order valence-electron chi connectivity index (χ0n) is 9.75. The molecule has 0 bridgehead atoms. The van der Waals surface area contributed by atoms with Gasteiger partial charge in [0, 0.05) is 20.3 Å². The summed E-state index contributed by atoms with van der Waals surface area (Å²) >= 11 is 5.83. The summed E-state index contributed by atoms with van der Waals surface area (Å²) < 4.78 is 7.61. The van der Waals surface area contributed by atoms with Crippen molar-refractivity contribution in [3.63, 3.8) is 0 Å². The van der Waals surface area contributed by atoms with E-state index in [1.54, 1.807) is 12.1 Å². The van der Waals surface area contributed by atoms with E-state index in [1.165, 1.54) is 30.9 Å². The maximum absolute atomic E-state index is 11.7. The molecule has 94 valence electrons. The van der Waals surface area contributed by atoms with E-state index in [1.807, 2.05) is 0 Å². The highest BCUT2D eigenvalue weighted by Gasteiger charge is 2.09. The molecular formula is C11H10ClN3O3. The molecule has 0 unspecified atom stereocenters. The first-order valence-corrected chi connectivity index (χ1v) is 5.44. The van der Waals surface area contributed by atoms with E-state index < -0.39 is 11.2 Å². The first-order chi connectivity index (χ1) is 8.50. The Balaban J connectivity index is 2.52. The molecule has 0 spiro atoms. The fourth-order valence-corrected chi connectivity index (χ4v) is 1.53. The number of halogens is 1. The lowest BCUT2D eigenvalue weighted by Gasteiger charge is -2.10.